The fourth-order valence-corrected chi connectivity index (χ4v) is 2.87. The van der Waals surface area contributed by atoms with Gasteiger partial charge in [-0.1, -0.05) is 74.5 Å². The van der Waals surface area contributed by atoms with Crippen molar-refractivity contribution in [3.63, 3.8) is 0 Å². The van der Waals surface area contributed by atoms with E-state index in [0.717, 1.165) is 19.4 Å². The summed E-state index contributed by atoms with van der Waals surface area (Å²) in [4.78, 5) is 0. The van der Waals surface area contributed by atoms with Crippen LogP contribution in [-0.2, 0) is 0 Å². The summed E-state index contributed by atoms with van der Waals surface area (Å²) in [6, 6.07) is 21.7. The van der Waals surface area contributed by atoms with Gasteiger partial charge in [-0.25, -0.2) is 0 Å². The molecule has 3 N–H and O–H groups in total. The van der Waals surface area contributed by atoms with E-state index in [9.17, 15) is 0 Å². The lowest BCUT2D eigenvalue weighted by atomic mass is 9.84. The molecule has 0 bridgehead atoms. The van der Waals surface area contributed by atoms with Gasteiger partial charge < -0.3 is 11.1 Å². The van der Waals surface area contributed by atoms with Crippen molar-refractivity contribution < 1.29 is 0 Å². The number of nitrogens with one attached hydrogen (secondary N) is 1. The molecule has 2 aromatic rings. The fourth-order valence-electron chi connectivity index (χ4n) is 2.87. The summed E-state index contributed by atoms with van der Waals surface area (Å²) >= 11 is 0. The monoisotopic (exact) mass is 296 g/mol. The summed E-state index contributed by atoms with van der Waals surface area (Å²) in [6.45, 7) is 5.41. The van der Waals surface area contributed by atoms with E-state index in [1.807, 2.05) is 6.07 Å². The summed E-state index contributed by atoms with van der Waals surface area (Å²) in [5.74, 6) is 0.359. The standard InChI is InChI=1S/C20H28N2/c1-16(2)22-15-9-14-19(17-10-5-3-6-11-17)20(21)18-12-7-4-8-13-18/h3-8,10-13,16,19-20,22H,9,14-15,21H2,1-2H3. The van der Waals surface area contributed by atoms with Crippen molar-refractivity contribution >= 4 is 0 Å². The Balaban J connectivity index is 2.08. The molecule has 2 atom stereocenters. The Labute approximate surface area is 134 Å². The topological polar surface area (TPSA) is 38.0 Å². The molecular formula is C20H28N2. The molecule has 0 aliphatic carbocycles. The Morgan fingerprint density at radius 3 is 1.95 bits per heavy atom. The van der Waals surface area contributed by atoms with Gasteiger partial charge in [-0.15, -0.1) is 0 Å². The third kappa shape index (κ3) is 4.97. The highest BCUT2D eigenvalue weighted by Gasteiger charge is 2.20. The average molecular weight is 296 g/mol. The smallest absolute Gasteiger partial charge is 0.0364 e. The molecule has 0 aromatic heterocycles. The maximum Gasteiger partial charge on any atom is 0.0364 e. The molecule has 0 spiro atoms. The van der Waals surface area contributed by atoms with Crippen LogP contribution in [0.4, 0.5) is 0 Å². The van der Waals surface area contributed by atoms with Gasteiger partial charge in [0.05, 0.1) is 0 Å². The normalized spacial score (nSPS) is 14.0. The first kappa shape index (κ1) is 16.7. The van der Waals surface area contributed by atoms with Crippen molar-refractivity contribution in [2.24, 2.45) is 5.73 Å². The van der Waals surface area contributed by atoms with Crippen molar-refractivity contribution in [1.29, 1.82) is 0 Å². The highest BCUT2D eigenvalue weighted by molar-refractivity contribution is 5.27. The third-order valence-electron chi connectivity index (χ3n) is 4.09. The lowest BCUT2D eigenvalue weighted by Crippen LogP contribution is -2.25. The van der Waals surface area contributed by atoms with Crippen molar-refractivity contribution in [2.75, 3.05) is 6.54 Å². The first-order chi connectivity index (χ1) is 10.7. The van der Waals surface area contributed by atoms with E-state index in [-0.39, 0.29) is 6.04 Å². The van der Waals surface area contributed by atoms with E-state index in [1.165, 1.54) is 11.1 Å². The number of hydrogen-bond acceptors (Lipinski definition) is 2. The maximum absolute atomic E-state index is 6.59. The quantitative estimate of drug-likeness (QED) is 0.715. The van der Waals surface area contributed by atoms with Gasteiger partial charge in [-0.2, -0.15) is 0 Å². The van der Waals surface area contributed by atoms with Crippen molar-refractivity contribution in [3.8, 4) is 0 Å². The predicted octanol–water partition coefficient (Wildman–Crippen LogP) is 4.25. The van der Waals surface area contributed by atoms with E-state index in [1.54, 1.807) is 0 Å². The lowest BCUT2D eigenvalue weighted by molar-refractivity contribution is 0.475. The zero-order valence-electron chi connectivity index (χ0n) is 13.7. The second-order valence-corrected chi connectivity index (χ2v) is 6.20. The number of rotatable bonds is 8. The molecule has 118 valence electrons. The molecule has 0 amide bonds. The van der Waals surface area contributed by atoms with Crippen LogP contribution in [0.3, 0.4) is 0 Å². The van der Waals surface area contributed by atoms with E-state index in [4.69, 9.17) is 5.73 Å². The molecule has 0 radical (unpaired) electrons. The van der Waals surface area contributed by atoms with E-state index in [2.05, 4.69) is 73.8 Å². The number of hydrogen-bond donors (Lipinski definition) is 2. The summed E-state index contributed by atoms with van der Waals surface area (Å²) in [5.41, 5.74) is 9.15. The average Bonchev–Trinajstić information content (AvgIpc) is 2.56. The van der Waals surface area contributed by atoms with Crippen LogP contribution in [0.1, 0.15) is 49.8 Å². The second-order valence-electron chi connectivity index (χ2n) is 6.20. The Kier molecular flexibility index (Phi) is 6.63. The van der Waals surface area contributed by atoms with Crippen molar-refractivity contribution in [1.82, 2.24) is 5.32 Å². The Hall–Kier alpha value is -1.64. The third-order valence-corrected chi connectivity index (χ3v) is 4.09. The molecule has 2 rings (SSSR count). The van der Waals surface area contributed by atoms with Crippen LogP contribution in [0.15, 0.2) is 60.7 Å². The molecule has 0 saturated carbocycles. The van der Waals surface area contributed by atoms with E-state index >= 15 is 0 Å². The molecule has 2 aromatic carbocycles. The molecule has 2 unspecified atom stereocenters. The van der Waals surface area contributed by atoms with Crippen LogP contribution in [0.25, 0.3) is 0 Å². The van der Waals surface area contributed by atoms with Crippen LogP contribution in [-0.4, -0.2) is 12.6 Å². The molecule has 22 heavy (non-hydrogen) atoms. The first-order valence-corrected chi connectivity index (χ1v) is 8.27. The van der Waals surface area contributed by atoms with Gasteiger partial charge >= 0.3 is 0 Å². The van der Waals surface area contributed by atoms with Crippen molar-refractivity contribution in [2.45, 2.75) is 44.7 Å². The zero-order valence-corrected chi connectivity index (χ0v) is 13.7. The van der Waals surface area contributed by atoms with E-state index in [0.29, 0.717) is 12.0 Å². The van der Waals surface area contributed by atoms with Gasteiger partial charge in [0.25, 0.3) is 0 Å². The van der Waals surface area contributed by atoms with Gasteiger partial charge in [0.15, 0.2) is 0 Å². The summed E-state index contributed by atoms with van der Waals surface area (Å²) in [7, 11) is 0. The van der Waals surface area contributed by atoms with Crippen LogP contribution in [0.5, 0.6) is 0 Å². The Morgan fingerprint density at radius 1 is 0.864 bits per heavy atom. The van der Waals surface area contributed by atoms with Gasteiger partial charge in [-0.05, 0) is 30.5 Å². The molecule has 0 heterocycles. The van der Waals surface area contributed by atoms with Gasteiger partial charge in [0, 0.05) is 18.0 Å². The largest absolute Gasteiger partial charge is 0.323 e. The van der Waals surface area contributed by atoms with Crippen LogP contribution >= 0.6 is 0 Å². The van der Waals surface area contributed by atoms with Gasteiger partial charge in [0.2, 0.25) is 0 Å². The van der Waals surface area contributed by atoms with Crippen LogP contribution < -0.4 is 11.1 Å². The molecule has 0 aliphatic heterocycles. The molecular weight excluding hydrogens is 268 g/mol. The van der Waals surface area contributed by atoms with E-state index < -0.39 is 0 Å². The van der Waals surface area contributed by atoms with Crippen LogP contribution in [0.2, 0.25) is 0 Å². The van der Waals surface area contributed by atoms with Crippen molar-refractivity contribution in [3.05, 3.63) is 71.8 Å². The zero-order chi connectivity index (χ0) is 15.8. The second kappa shape index (κ2) is 8.72. The molecule has 0 fully saturated rings. The predicted molar refractivity (Wildman–Crippen MR) is 94.9 cm³/mol. The molecule has 2 nitrogen and oxygen atoms in total. The SMILES string of the molecule is CC(C)NCCCC(c1ccccc1)C(N)c1ccccc1. The number of benzene rings is 2. The summed E-state index contributed by atoms with van der Waals surface area (Å²) in [5, 5.41) is 3.49. The Bertz CT molecular complexity index is 522. The van der Waals surface area contributed by atoms with Crippen LogP contribution in [0, 0.1) is 0 Å². The van der Waals surface area contributed by atoms with Gasteiger partial charge in [0.1, 0.15) is 0 Å². The Morgan fingerprint density at radius 2 is 1.41 bits per heavy atom. The molecule has 0 saturated heterocycles. The minimum absolute atomic E-state index is 0.0441. The number of nitrogens with two attached hydrogens (primary N) is 1. The first-order valence-electron chi connectivity index (χ1n) is 8.27. The highest BCUT2D eigenvalue weighted by atomic mass is 14.9. The minimum atomic E-state index is 0.0441. The minimum Gasteiger partial charge on any atom is -0.323 e. The highest BCUT2D eigenvalue weighted by Crippen LogP contribution is 2.32. The van der Waals surface area contributed by atoms with Gasteiger partial charge in [-0.3, -0.25) is 0 Å². The summed E-state index contributed by atoms with van der Waals surface area (Å²) in [6.07, 6.45) is 2.23. The fraction of sp³-hybridized carbons (Fsp3) is 0.400. The maximum atomic E-state index is 6.59. The lowest BCUT2D eigenvalue weighted by Gasteiger charge is -2.25. The molecule has 2 heteroatoms. The summed E-state index contributed by atoms with van der Waals surface area (Å²) < 4.78 is 0. The molecule has 0 aliphatic rings.